The Bertz CT molecular complexity index is 1070. The molecule has 2 aromatic rings. The molecule has 0 bridgehead atoms. The standard InChI is InChI=1S/C21H20F3NO5/c1-11-15-9-20(18(27)29-3,19(28)30-4)10-16(15)12(2)25(17(11)26)14-7-5-13(6-8-14)21(22,23)24/h5-8H,9-10H2,1-4H3. The van der Waals surface area contributed by atoms with Gasteiger partial charge >= 0.3 is 18.1 Å². The second-order valence-corrected chi connectivity index (χ2v) is 7.27. The molecule has 160 valence electrons. The van der Waals surface area contributed by atoms with Gasteiger partial charge in [-0.15, -0.1) is 0 Å². The molecule has 0 fully saturated rings. The number of esters is 2. The van der Waals surface area contributed by atoms with E-state index in [1.54, 1.807) is 13.8 Å². The third kappa shape index (κ3) is 3.18. The number of hydrogen-bond acceptors (Lipinski definition) is 5. The summed E-state index contributed by atoms with van der Waals surface area (Å²) >= 11 is 0. The number of pyridine rings is 1. The lowest BCUT2D eigenvalue weighted by molar-refractivity contribution is -0.168. The van der Waals surface area contributed by atoms with Crippen LogP contribution in [0.15, 0.2) is 29.1 Å². The average molecular weight is 423 g/mol. The van der Waals surface area contributed by atoms with Crippen molar-refractivity contribution in [1.82, 2.24) is 4.57 Å². The van der Waals surface area contributed by atoms with Crippen LogP contribution in [-0.2, 0) is 38.1 Å². The van der Waals surface area contributed by atoms with Crippen LogP contribution in [0.3, 0.4) is 0 Å². The van der Waals surface area contributed by atoms with Gasteiger partial charge in [0.15, 0.2) is 5.41 Å². The van der Waals surface area contributed by atoms with Crippen LogP contribution >= 0.6 is 0 Å². The Kier molecular flexibility index (Phi) is 5.26. The van der Waals surface area contributed by atoms with E-state index < -0.39 is 34.7 Å². The summed E-state index contributed by atoms with van der Waals surface area (Å²) in [6, 6.07) is 4.23. The number of methoxy groups -OCH3 is 2. The maximum absolute atomic E-state index is 13.0. The van der Waals surface area contributed by atoms with Crippen molar-refractivity contribution in [3.8, 4) is 5.69 Å². The van der Waals surface area contributed by atoms with Crippen molar-refractivity contribution < 1.29 is 32.2 Å². The molecule has 0 radical (unpaired) electrons. The van der Waals surface area contributed by atoms with Gasteiger partial charge in [-0.1, -0.05) is 0 Å². The lowest BCUT2D eigenvalue weighted by Gasteiger charge is -2.22. The number of hydrogen-bond donors (Lipinski definition) is 0. The maximum Gasteiger partial charge on any atom is 0.416 e. The van der Waals surface area contributed by atoms with Gasteiger partial charge < -0.3 is 9.47 Å². The predicted molar refractivity (Wildman–Crippen MR) is 100 cm³/mol. The molecule has 0 spiro atoms. The maximum atomic E-state index is 13.0. The zero-order valence-corrected chi connectivity index (χ0v) is 16.8. The molecule has 0 aliphatic heterocycles. The van der Waals surface area contributed by atoms with Crippen LogP contribution in [0, 0.1) is 19.3 Å². The van der Waals surface area contributed by atoms with Crippen molar-refractivity contribution in [2.24, 2.45) is 5.41 Å². The average Bonchev–Trinajstić information content (AvgIpc) is 3.13. The molecule has 9 heteroatoms. The number of benzene rings is 1. The Morgan fingerprint density at radius 1 is 0.967 bits per heavy atom. The number of aromatic nitrogens is 1. The van der Waals surface area contributed by atoms with E-state index in [2.05, 4.69) is 0 Å². The van der Waals surface area contributed by atoms with Crippen LogP contribution in [0.5, 0.6) is 0 Å². The van der Waals surface area contributed by atoms with E-state index in [9.17, 15) is 27.6 Å². The first-order valence-corrected chi connectivity index (χ1v) is 9.06. The summed E-state index contributed by atoms with van der Waals surface area (Å²) in [5.74, 6) is -1.53. The molecular weight excluding hydrogens is 403 g/mol. The highest BCUT2D eigenvalue weighted by atomic mass is 19.4. The fourth-order valence-electron chi connectivity index (χ4n) is 4.04. The van der Waals surface area contributed by atoms with Crippen molar-refractivity contribution in [2.45, 2.75) is 32.9 Å². The van der Waals surface area contributed by atoms with E-state index in [-0.39, 0.29) is 18.5 Å². The molecular formula is C21H20F3NO5. The summed E-state index contributed by atoms with van der Waals surface area (Å²) in [7, 11) is 2.33. The zero-order chi connectivity index (χ0) is 22.4. The minimum Gasteiger partial charge on any atom is -0.468 e. The van der Waals surface area contributed by atoms with Crippen molar-refractivity contribution in [3.05, 3.63) is 62.6 Å². The van der Waals surface area contributed by atoms with Gasteiger partial charge in [0.25, 0.3) is 5.56 Å². The third-order valence-corrected chi connectivity index (χ3v) is 5.68. The van der Waals surface area contributed by atoms with Crippen molar-refractivity contribution in [2.75, 3.05) is 14.2 Å². The van der Waals surface area contributed by atoms with Crippen LogP contribution in [0.4, 0.5) is 13.2 Å². The summed E-state index contributed by atoms with van der Waals surface area (Å²) in [6.07, 6.45) is -4.57. The van der Waals surface area contributed by atoms with Crippen molar-refractivity contribution in [1.29, 1.82) is 0 Å². The molecule has 0 saturated carbocycles. The van der Waals surface area contributed by atoms with Crippen molar-refractivity contribution in [3.63, 3.8) is 0 Å². The van der Waals surface area contributed by atoms with Crippen molar-refractivity contribution >= 4 is 11.9 Å². The zero-order valence-electron chi connectivity index (χ0n) is 16.8. The third-order valence-electron chi connectivity index (χ3n) is 5.68. The second-order valence-electron chi connectivity index (χ2n) is 7.27. The van der Waals surface area contributed by atoms with Gasteiger partial charge in [0, 0.05) is 29.8 Å². The summed E-state index contributed by atoms with van der Waals surface area (Å²) in [5.41, 5.74) is -0.709. The summed E-state index contributed by atoms with van der Waals surface area (Å²) < 4.78 is 49.6. The van der Waals surface area contributed by atoms with Gasteiger partial charge in [-0.2, -0.15) is 13.2 Å². The number of rotatable bonds is 3. The highest BCUT2D eigenvalue weighted by Gasteiger charge is 2.54. The molecule has 0 N–H and O–H groups in total. The fraction of sp³-hybridized carbons (Fsp3) is 0.381. The molecule has 0 saturated heterocycles. The predicted octanol–water partition coefficient (Wildman–Crippen LogP) is 2.90. The highest BCUT2D eigenvalue weighted by Crippen LogP contribution is 2.41. The molecule has 0 atom stereocenters. The van der Waals surface area contributed by atoms with Crippen LogP contribution in [0.2, 0.25) is 0 Å². The number of carbonyl (C=O) groups excluding carboxylic acids is 2. The van der Waals surface area contributed by atoms with E-state index in [0.29, 0.717) is 22.4 Å². The number of nitrogens with zero attached hydrogens (tertiary/aromatic N) is 1. The number of fused-ring (bicyclic) bond motifs is 1. The minimum absolute atomic E-state index is 0.0325. The summed E-state index contributed by atoms with van der Waals surface area (Å²) in [5, 5.41) is 0. The number of alkyl halides is 3. The Labute approximate surface area is 170 Å². The molecule has 1 heterocycles. The van der Waals surface area contributed by atoms with Gasteiger partial charge in [-0.3, -0.25) is 19.0 Å². The topological polar surface area (TPSA) is 74.6 Å². The fourth-order valence-corrected chi connectivity index (χ4v) is 4.04. The largest absolute Gasteiger partial charge is 0.468 e. The van der Waals surface area contributed by atoms with Crippen LogP contribution < -0.4 is 5.56 Å². The smallest absolute Gasteiger partial charge is 0.416 e. The first-order chi connectivity index (χ1) is 14.0. The Morgan fingerprint density at radius 3 is 1.93 bits per heavy atom. The molecule has 1 aromatic carbocycles. The molecule has 1 aromatic heterocycles. The first-order valence-electron chi connectivity index (χ1n) is 9.06. The Morgan fingerprint density at radius 2 is 1.47 bits per heavy atom. The second kappa shape index (κ2) is 7.30. The van der Waals surface area contributed by atoms with E-state index in [0.717, 1.165) is 26.4 Å². The molecule has 0 amide bonds. The minimum atomic E-state index is -4.49. The molecule has 1 aliphatic carbocycles. The Balaban J connectivity index is 2.18. The molecule has 6 nitrogen and oxygen atoms in total. The molecule has 0 unspecified atom stereocenters. The van der Waals surface area contributed by atoms with Gasteiger partial charge in [0.1, 0.15) is 0 Å². The number of ether oxygens (including phenoxy) is 2. The molecule has 3 rings (SSSR count). The number of halogens is 3. The van der Waals surface area contributed by atoms with E-state index in [4.69, 9.17) is 9.47 Å². The lowest BCUT2D eigenvalue weighted by atomic mass is 9.84. The molecule has 1 aliphatic rings. The SMILES string of the molecule is COC(=O)C1(C(=O)OC)Cc2c(c(C)n(-c3ccc(C(F)(F)F)cc3)c(=O)c2C)C1. The van der Waals surface area contributed by atoms with Crippen LogP contribution in [0.1, 0.15) is 27.9 Å². The lowest BCUT2D eigenvalue weighted by Crippen LogP contribution is -2.42. The highest BCUT2D eigenvalue weighted by molar-refractivity contribution is 6.01. The van der Waals surface area contributed by atoms with Crippen LogP contribution in [0.25, 0.3) is 5.69 Å². The van der Waals surface area contributed by atoms with Crippen LogP contribution in [-0.4, -0.2) is 30.7 Å². The normalized spacial score (nSPS) is 14.9. The van der Waals surface area contributed by atoms with Gasteiger partial charge in [0.05, 0.1) is 19.8 Å². The first kappa shape index (κ1) is 21.6. The van der Waals surface area contributed by atoms with Gasteiger partial charge in [-0.05, 0) is 49.2 Å². The summed E-state index contributed by atoms with van der Waals surface area (Å²) in [6.45, 7) is 3.19. The molecule has 30 heavy (non-hydrogen) atoms. The van der Waals surface area contributed by atoms with E-state index in [1.807, 2.05) is 0 Å². The monoisotopic (exact) mass is 423 g/mol. The number of carbonyl (C=O) groups is 2. The summed E-state index contributed by atoms with van der Waals surface area (Å²) in [4.78, 5) is 38.0. The van der Waals surface area contributed by atoms with E-state index >= 15 is 0 Å². The Hall–Kier alpha value is -3.10. The van der Waals surface area contributed by atoms with Gasteiger partial charge in [0.2, 0.25) is 0 Å². The van der Waals surface area contributed by atoms with Gasteiger partial charge in [-0.25, -0.2) is 0 Å². The van der Waals surface area contributed by atoms with E-state index in [1.165, 1.54) is 16.7 Å². The quantitative estimate of drug-likeness (QED) is 0.561.